The Hall–Kier alpha value is -1.43. The number of carboxylic acid groups (broad SMARTS) is 1. The topological polar surface area (TPSA) is 102 Å². The molecule has 0 aliphatic rings. The van der Waals surface area contributed by atoms with Crippen LogP contribution in [0.15, 0.2) is 4.52 Å². The molecule has 1 rings (SSSR count). The summed E-state index contributed by atoms with van der Waals surface area (Å²) < 4.78 is 4.61. The van der Waals surface area contributed by atoms with E-state index in [-0.39, 0.29) is 17.8 Å². The lowest BCUT2D eigenvalue weighted by atomic mass is 10.2. The minimum Gasteiger partial charge on any atom is -0.475 e. The van der Waals surface area contributed by atoms with Gasteiger partial charge >= 0.3 is 5.97 Å². The molecule has 1 heterocycles. The van der Waals surface area contributed by atoms with Gasteiger partial charge in [0.2, 0.25) is 5.89 Å². The maximum atomic E-state index is 10.3. The summed E-state index contributed by atoms with van der Waals surface area (Å²) in [6.45, 7) is 1.77. The van der Waals surface area contributed by atoms with Crippen molar-refractivity contribution in [3.8, 4) is 0 Å². The maximum Gasteiger partial charge on any atom is 0.377 e. The lowest BCUT2D eigenvalue weighted by molar-refractivity contribution is 0.0680. The molecule has 0 aliphatic heterocycles. The second-order valence-corrected chi connectivity index (χ2v) is 2.50. The van der Waals surface area contributed by atoms with Crippen LogP contribution in [-0.2, 0) is 6.42 Å². The van der Waals surface area contributed by atoms with Gasteiger partial charge in [-0.1, -0.05) is 0 Å². The number of hydrogen-bond donors (Lipinski definition) is 2. The third kappa shape index (κ3) is 2.03. The van der Waals surface area contributed by atoms with Crippen molar-refractivity contribution in [1.82, 2.24) is 10.1 Å². The fourth-order valence-corrected chi connectivity index (χ4v) is 0.700. The molecule has 0 fully saturated rings. The molecule has 12 heavy (non-hydrogen) atoms. The van der Waals surface area contributed by atoms with E-state index in [1.165, 1.54) is 0 Å². The van der Waals surface area contributed by atoms with Gasteiger partial charge < -0.3 is 15.4 Å². The molecule has 0 saturated carbocycles. The fraction of sp³-hybridized carbons (Fsp3) is 0.500. The third-order valence-electron chi connectivity index (χ3n) is 1.16. The number of carboxylic acids is 1. The SMILES string of the molecule is CC(N)Cc1nc(C(=O)O)no1. The highest BCUT2D eigenvalue weighted by molar-refractivity contribution is 5.82. The lowest BCUT2D eigenvalue weighted by Gasteiger charge is -1.96. The molecular formula is C6H9N3O3. The second kappa shape index (κ2) is 3.31. The average Bonchev–Trinajstić information content (AvgIpc) is 2.34. The Bertz CT molecular complexity index is 281. The lowest BCUT2D eigenvalue weighted by Crippen LogP contribution is -2.18. The maximum absolute atomic E-state index is 10.3. The molecule has 1 atom stereocenters. The standard InChI is InChI=1S/C6H9N3O3/c1-3(7)2-4-8-5(6(10)11)9-12-4/h3H,2,7H2,1H3,(H,10,11). The molecule has 0 radical (unpaired) electrons. The summed E-state index contributed by atoms with van der Waals surface area (Å²) in [5.74, 6) is -1.28. The van der Waals surface area contributed by atoms with Crippen LogP contribution in [0.3, 0.4) is 0 Å². The zero-order valence-electron chi connectivity index (χ0n) is 6.52. The van der Waals surface area contributed by atoms with Gasteiger partial charge in [0, 0.05) is 12.5 Å². The van der Waals surface area contributed by atoms with E-state index in [0.717, 1.165) is 0 Å². The van der Waals surface area contributed by atoms with Crippen LogP contribution in [-0.4, -0.2) is 27.3 Å². The van der Waals surface area contributed by atoms with Crippen LogP contribution in [0.25, 0.3) is 0 Å². The quantitative estimate of drug-likeness (QED) is 0.644. The second-order valence-electron chi connectivity index (χ2n) is 2.50. The zero-order chi connectivity index (χ0) is 9.14. The van der Waals surface area contributed by atoms with Crippen molar-refractivity contribution in [1.29, 1.82) is 0 Å². The molecule has 1 aromatic rings. The van der Waals surface area contributed by atoms with E-state index in [1.54, 1.807) is 6.92 Å². The predicted octanol–water partition coefficient (Wildman–Crippen LogP) is -0.343. The molecule has 0 spiro atoms. The average molecular weight is 171 g/mol. The van der Waals surface area contributed by atoms with Gasteiger partial charge in [-0.25, -0.2) is 4.79 Å². The van der Waals surface area contributed by atoms with Gasteiger partial charge in [-0.05, 0) is 12.1 Å². The minimum absolute atomic E-state index is 0.118. The molecule has 0 aliphatic carbocycles. The number of hydrogen-bond acceptors (Lipinski definition) is 5. The summed E-state index contributed by atoms with van der Waals surface area (Å²) >= 11 is 0. The van der Waals surface area contributed by atoms with Crippen molar-refractivity contribution >= 4 is 5.97 Å². The van der Waals surface area contributed by atoms with E-state index < -0.39 is 5.97 Å². The summed E-state index contributed by atoms with van der Waals surface area (Å²) in [6, 6.07) is -0.118. The summed E-state index contributed by atoms with van der Waals surface area (Å²) in [7, 11) is 0. The highest BCUT2D eigenvalue weighted by atomic mass is 16.5. The Labute approximate surface area is 68.4 Å². The smallest absolute Gasteiger partial charge is 0.377 e. The van der Waals surface area contributed by atoms with Crippen molar-refractivity contribution < 1.29 is 14.4 Å². The predicted molar refractivity (Wildman–Crippen MR) is 38.6 cm³/mol. The molecule has 0 bridgehead atoms. The first-order valence-electron chi connectivity index (χ1n) is 3.41. The number of carbonyl (C=O) groups is 1. The van der Waals surface area contributed by atoms with Crippen molar-refractivity contribution in [2.75, 3.05) is 0 Å². The molecule has 0 amide bonds. The molecule has 1 aromatic heterocycles. The minimum atomic E-state index is -1.20. The van der Waals surface area contributed by atoms with Crippen molar-refractivity contribution in [3.05, 3.63) is 11.7 Å². The van der Waals surface area contributed by atoms with Gasteiger partial charge in [-0.15, -0.1) is 0 Å². The molecule has 0 saturated heterocycles. The van der Waals surface area contributed by atoms with Gasteiger partial charge in [0.25, 0.3) is 5.82 Å². The van der Waals surface area contributed by atoms with Crippen molar-refractivity contribution in [2.45, 2.75) is 19.4 Å². The van der Waals surface area contributed by atoms with Gasteiger partial charge in [0.05, 0.1) is 0 Å². The molecule has 1 unspecified atom stereocenters. The first-order valence-corrected chi connectivity index (χ1v) is 3.41. The first-order chi connectivity index (χ1) is 5.59. The van der Waals surface area contributed by atoms with E-state index in [9.17, 15) is 4.79 Å². The normalized spacial score (nSPS) is 12.8. The summed E-state index contributed by atoms with van der Waals surface area (Å²) in [6.07, 6.45) is 0.389. The Kier molecular flexibility index (Phi) is 2.39. The van der Waals surface area contributed by atoms with E-state index in [2.05, 4.69) is 14.7 Å². The highest BCUT2D eigenvalue weighted by Crippen LogP contribution is 1.99. The number of nitrogens with zero attached hydrogens (tertiary/aromatic N) is 2. The summed E-state index contributed by atoms with van der Waals surface area (Å²) in [5.41, 5.74) is 5.43. The zero-order valence-corrected chi connectivity index (χ0v) is 6.52. The van der Waals surface area contributed by atoms with E-state index in [1.807, 2.05) is 0 Å². The number of nitrogens with two attached hydrogens (primary N) is 1. The van der Waals surface area contributed by atoms with E-state index in [4.69, 9.17) is 10.8 Å². The number of rotatable bonds is 3. The molecule has 6 heteroatoms. The molecule has 0 aromatic carbocycles. The van der Waals surface area contributed by atoms with Crippen LogP contribution in [0.5, 0.6) is 0 Å². The van der Waals surface area contributed by atoms with Gasteiger partial charge in [0.15, 0.2) is 0 Å². The fourth-order valence-electron chi connectivity index (χ4n) is 0.700. The summed E-state index contributed by atoms with van der Waals surface area (Å²) in [4.78, 5) is 13.9. The van der Waals surface area contributed by atoms with Gasteiger partial charge in [-0.2, -0.15) is 4.98 Å². The van der Waals surface area contributed by atoms with Crippen LogP contribution in [0.1, 0.15) is 23.4 Å². The molecule has 6 nitrogen and oxygen atoms in total. The van der Waals surface area contributed by atoms with Crippen molar-refractivity contribution in [2.24, 2.45) is 5.73 Å². The first kappa shape index (κ1) is 8.66. The Morgan fingerprint density at radius 2 is 2.50 bits per heavy atom. The van der Waals surface area contributed by atoms with Gasteiger partial charge in [0.1, 0.15) is 0 Å². The highest BCUT2D eigenvalue weighted by Gasteiger charge is 2.13. The Morgan fingerprint density at radius 1 is 1.83 bits per heavy atom. The van der Waals surface area contributed by atoms with E-state index in [0.29, 0.717) is 6.42 Å². The molecular weight excluding hydrogens is 162 g/mol. The van der Waals surface area contributed by atoms with Crippen LogP contribution in [0, 0.1) is 0 Å². The summed E-state index contributed by atoms with van der Waals surface area (Å²) in [5, 5.41) is 11.6. The van der Waals surface area contributed by atoms with Crippen molar-refractivity contribution in [3.63, 3.8) is 0 Å². The number of aromatic nitrogens is 2. The van der Waals surface area contributed by atoms with Crippen LogP contribution >= 0.6 is 0 Å². The molecule has 3 N–H and O–H groups in total. The largest absolute Gasteiger partial charge is 0.475 e. The number of aromatic carboxylic acids is 1. The Morgan fingerprint density at radius 3 is 2.92 bits per heavy atom. The molecule has 66 valence electrons. The monoisotopic (exact) mass is 171 g/mol. The van der Waals surface area contributed by atoms with Crippen LogP contribution < -0.4 is 5.73 Å². The Balaban J connectivity index is 2.71. The third-order valence-corrected chi connectivity index (χ3v) is 1.16. The van der Waals surface area contributed by atoms with E-state index >= 15 is 0 Å². The van der Waals surface area contributed by atoms with Crippen LogP contribution in [0.2, 0.25) is 0 Å². The van der Waals surface area contributed by atoms with Crippen LogP contribution in [0.4, 0.5) is 0 Å². The van der Waals surface area contributed by atoms with Gasteiger partial charge in [-0.3, -0.25) is 0 Å².